The molecule has 5 nitrogen and oxygen atoms in total. The van der Waals surface area contributed by atoms with Gasteiger partial charge in [-0.1, -0.05) is 25.1 Å². The molecule has 5 heteroatoms. The van der Waals surface area contributed by atoms with Crippen LogP contribution < -0.4 is 4.90 Å². The average molecular weight is 324 g/mol. The first-order valence-electron chi connectivity index (χ1n) is 8.21. The van der Waals surface area contributed by atoms with Crippen molar-refractivity contribution < 1.29 is 14.3 Å². The molecule has 1 aromatic carbocycles. The lowest BCUT2D eigenvalue weighted by Gasteiger charge is -2.31. The summed E-state index contributed by atoms with van der Waals surface area (Å²) in [5.74, 6) is -0.657. The van der Waals surface area contributed by atoms with Crippen molar-refractivity contribution in [3.8, 4) is 0 Å². The number of aromatic nitrogens is 1. The molecule has 0 fully saturated rings. The molecule has 1 amide bonds. The van der Waals surface area contributed by atoms with E-state index in [1.807, 2.05) is 31.2 Å². The molecule has 0 radical (unpaired) electrons. The zero-order valence-corrected chi connectivity index (χ0v) is 13.6. The molecule has 1 aliphatic heterocycles. The number of hydrogen-bond acceptors (Lipinski definition) is 4. The van der Waals surface area contributed by atoms with Gasteiger partial charge in [0.05, 0.1) is 5.56 Å². The van der Waals surface area contributed by atoms with Gasteiger partial charge in [-0.15, -0.1) is 0 Å². The highest BCUT2D eigenvalue weighted by Gasteiger charge is 2.30. The summed E-state index contributed by atoms with van der Waals surface area (Å²) in [6.07, 6.45) is 4.59. The molecule has 0 spiro atoms. The minimum Gasteiger partial charge on any atom is -0.449 e. The van der Waals surface area contributed by atoms with E-state index in [0.717, 1.165) is 24.1 Å². The maximum absolute atomic E-state index is 12.9. The normalized spacial score (nSPS) is 14.6. The fourth-order valence-corrected chi connectivity index (χ4v) is 2.93. The topological polar surface area (TPSA) is 59.5 Å². The van der Waals surface area contributed by atoms with Crippen molar-refractivity contribution in [1.82, 2.24) is 4.98 Å². The van der Waals surface area contributed by atoms with Crippen LogP contribution in [0.25, 0.3) is 0 Å². The molecule has 0 bridgehead atoms. The molecule has 124 valence electrons. The summed E-state index contributed by atoms with van der Waals surface area (Å²) in [4.78, 5) is 30.7. The minimum atomic E-state index is -0.781. The summed E-state index contributed by atoms with van der Waals surface area (Å²) in [7, 11) is 0. The predicted molar refractivity (Wildman–Crippen MR) is 90.8 cm³/mol. The monoisotopic (exact) mass is 324 g/mol. The highest BCUT2D eigenvalue weighted by Crippen LogP contribution is 2.28. The zero-order valence-electron chi connectivity index (χ0n) is 13.6. The first-order chi connectivity index (χ1) is 11.7. The van der Waals surface area contributed by atoms with Crippen LogP contribution in [0.15, 0.2) is 48.8 Å². The molecule has 1 aliphatic rings. The number of aryl methyl sites for hydroxylation is 1. The number of para-hydroxylation sites is 1. The molecule has 1 unspecified atom stereocenters. The lowest BCUT2D eigenvalue weighted by molar-refractivity contribution is -0.127. The van der Waals surface area contributed by atoms with Gasteiger partial charge in [-0.2, -0.15) is 0 Å². The van der Waals surface area contributed by atoms with E-state index >= 15 is 0 Å². The standard InChI is InChI=1S/C19H20N2O3/c1-2-17(24-19(23)15-9-11-20-12-10-15)18(22)21-13-5-7-14-6-3-4-8-16(14)21/h3-4,6,8-12,17H,2,5,7,13H2,1H3. The number of pyridine rings is 1. The number of ether oxygens (including phenoxy) is 1. The van der Waals surface area contributed by atoms with Gasteiger partial charge in [0.2, 0.25) is 0 Å². The van der Waals surface area contributed by atoms with E-state index in [2.05, 4.69) is 4.98 Å². The Balaban J connectivity index is 1.77. The molecule has 2 aromatic rings. The highest BCUT2D eigenvalue weighted by molar-refractivity contribution is 6.00. The van der Waals surface area contributed by atoms with Gasteiger partial charge in [-0.25, -0.2) is 4.79 Å². The van der Waals surface area contributed by atoms with E-state index < -0.39 is 12.1 Å². The van der Waals surface area contributed by atoms with Crippen LogP contribution in [0.5, 0.6) is 0 Å². The molecule has 24 heavy (non-hydrogen) atoms. The third kappa shape index (κ3) is 3.30. The Kier molecular flexibility index (Phi) is 4.89. The zero-order chi connectivity index (χ0) is 16.9. The first kappa shape index (κ1) is 16.2. The Bertz CT molecular complexity index is 730. The van der Waals surface area contributed by atoms with Crippen molar-refractivity contribution in [2.75, 3.05) is 11.4 Å². The van der Waals surface area contributed by atoms with Crippen LogP contribution >= 0.6 is 0 Å². The molecule has 0 N–H and O–H groups in total. The van der Waals surface area contributed by atoms with Crippen molar-refractivity contribution in [3.05, 3.63) is 59.9 Å². The number of carbonyl (C=O) groups is 2. The van der Waals surface area contributed by atoms with Crippen molar-refractivity contribution in [3.63, 3.8) is 0 Å². The number of carbonyl (C=O) groups excluding carboxylic acids is 2. The number of fused-ring (bicyclic) bond motifs is 1. The number of hydrogen-bond donors (Lipinski definition) is 0. The third-order valence-electron chi connectivity index (χ3n) is 4.19. The molecular formula is C19H20N2O3. The molecule has 0 saturated carbocycles. The van der Waals surface area contributed by atoms with Gasteiger partial charge in [0.1, 0.15) is 0 Å². The van der Waals surface area contributed by atoms with Crippen molar-refractivity contribution in [1.29, 1.82) is 0 Å². The number of amides is 1. The van der Waals surface area contributed by atoms with Crippen molar-refractivity contribution >= 4 is 17.6 Å². The number of esters is 1. The third-order valence-corrected chi connectivity index (χ3v) is 4.19. The highest BCUT2D eigenvalue weighted by atomic mass is 16.5. The maximum Gasteiger partial charge on any atom is 0.339 e. The Morgan fingerprint density at radius 3 is 2.71 bits per heavy atom. The summed E-state index contributed by atoms with van der Waals surface area (Å²) in [6, 6.07) is 11.1. The fraction of sp³-hybridized carbons (Fsp3) is 0.316. The smallest absolute Gasteiger partial charge is 0.339 e. The van der Waals surface area contributed by atoms with Gasteiger partial charge in [0.15, 0.2) is 6.10 Å². The Morgan fingerprint density at radius 2 is 1.96 bits per heavy atom. The molecule has 1 aromatic heterocycles. The number of rotatable bonds is 4. The van der Waals surface area contributed by atoms with Crippen LogP contribution in [0.1, 0.15) is 35.7 Å². The summed E-state index contributed by atoms with van der Waals surface area (Å²) in [5, 5.41) is 0. The average Bonchev–Trinajstić information content (AvgIpc) is 2.65. The second kappa shape index (κ2) is 7.25. The number of nitrogens with zero attached hydrogens (tertiary/aromatic N) is 2. The number of anilines is 1. The Morgan fingerprint density at radius 1 is 1.21 bits per heavy atom. The Labute approximate surface area is 141 Å². The molecule has 0 saturated heterocycles. The van der Waals surface area contributed by atoms with E-state index in [9.17, 15) is 9.59 Å². The van der Waals surface area contributed by atoms with E-state index in [-0.39, 0.29) is 5.91 Å². The summed E-state index contributed by atoms with van der Waals surface area (Å²) in [5.41, 5.74) is 2.48. The van der Waals surface area contributed by atoms with Gasteiger partial charge < -0.3 is 9.64 Å². The van der Waals surface area contributed by atoms with Crippen LogP contribution in [-0.4, -0.2) is 29.5 Å². The van der Waals surface area contributed by atoms with E-state index in [1.165, 1.54) is 12.4 Å². The Hall–Kier alpha value is -2.69. The minimum absolute atomic E-state index is 0.160. The van der Waals surface area contributed by atoms with Crippen LogP contribution in [-0.2, 0) is 16.0 Å². The lowest BCUT2D eigenvalue weighted by atomic mass is 10.0. The second-order valence-corrected chi connectivity index (χ2v) is 5.76. The molecular weight excluding hydrogens is 304 g/mol. The van der Waals surface area contributed by atoms with Crippen LogP contribution in [0.2, 0.25) is 0 Å². The lowest BCUT2D eigenvalue weighted by Crippen LogP contribution is -2.43. The van der Waals surface area contributed by atoms with Crippen LogP contribution in [0.3, 0.4) is 0 Å². The molecule has 1 atom stereocenters. The first-order valence-corrected chi connectivity index (χ1v) is 8.21. The van der Waals surface area contributed by atoms with Gasteiger partial charge >= 0.3 is 5.97 Å². The number of benzene rings is 1. The van der Waals surface area contributed by atoms with Gasteiger partial charge in [0, 0.05) is 24.6 Å². The van der Waals surface area contributed by atoms with Crippen LogP contribution in [0, 0.1) is 0 Å². The summed E-state index contributed by atoms with van der Waals surface area (Å²) < 4.78 is 5.46. The SMILES string of the molecule is CCC(OC(=O)c1ccncc1)C(=O)N1CCCc2ccccc21. The predicted octanol–water partition coefficient (Wildman–Crippen LogP) is 3.00. The fourth-order valence-electron chi connectivity index (χ4n) is 2.93. The summed E-state index contributed by atoms with van der Waals surface area (Å²) in [6.45, 7) is 2.50. The maximum atomic E-state index is 12.9. The quantitative estimate of drug-likeness (QED) is 0.811. The van der Waals surface area contributed by atoms with Gasteiger partial charge in [-0.05, 0) is 43.0 Å². The van der Waals surface area contributed by atoms with Crippen molar-refractivity contribution in [2.45, 2.75) is 32.3 Å². The van der Waals surface area contributed by atoms with Crippen LogP contribution in [0.4, 0.5) is 5.69 Å². The molecule has 2 heterocycles. The van der Waals surface area contributed by atoms with E-state index in [1.54, 1.807) is 17.0 Å². The van der Waals surface area contributed by atoms with E-state index in [4.69, 9.17) is 4.74 Å². The second-order valence-electron chi connectivity index (χ2n) is 5.76. The molecule has 0 aliphatic carbocycles. The van der Waals surface area contributed by atoms with E-state index in [0.29, 0.717) is 18.5 Å². The van der Waals surface area contributed by atoms with Crippen molar-refractivity contribution in [2.24, 2.45) is 0 Å². The summed E-state index contributed by atoms with van der Waals surface area (Å²) >= 11 is 0. The van der Waals surface area contributed by atoms with Gasteiger partial charge in [0.25, 0.3) is 5.91 Å². The van der Waals surface area contributed by atoms with Gasteiger partial charge in [-0.3, -0.25) is 9.78 Å². The largest absolute Gasteiger partial charge is 0.449 e. The molecule has 3 rings (SSSR count).